The van der Waals surface area contributed by atoms with Crippen LogP contribution in [0.4, 0.5) is 4.79 Å². The lowest BCUT2D eigenvalue weighted by molar-refractivity contribution is -0.142. The summed E-state index contributed by atoms with van der Waals surface area (Å²) in [4.78, 5) is 24.3. The van der Waals surface area contributed by atoms with Gasteiger partial charge >= 0.3 is 12.1 Å². The Morgan fingerprint density at radius 2 is 2.00 bits per heavy atom. The van der Waals surface area contributed by atoms with Crippen molar-refractivity contribution in [1.82, 2.24) is 4.90 Å². The highest BCUT2D eigenvalue weighted by Crippen LogP contribution is 2.17. The first-order valence-electron chi connectivity index (χ1n) is 6.01. The summed E-state index contributed by atoms with van der Waals surface area (Å²) in [6.07, 6.45) is -0.482. The van der Waals surface area contributed by atoms with E-state index in [1.807, 2.05) is 0 Å². The average molecular weight is 259 g/mol. The van der Waals surface area contributed by atoms with Gasteiger partial charge < -0.3 is 14.6 Å². The molecule has 1 atom stereocenters. The Morgan fingerprint density at radius 3 is 2.33 bits per heavy atom. The van der Waals surface area contributed by atoms with E-state index in [0.29, 0.717) is 13.2 Å². The Hall–Kier alpha value is -1.30. The third-order valence-corrected chi connectivity index (χ3v) is 2.58. The van der Waals surface area contributed by atoms with Gasteiger partial charge in [-0.2, -0.15) is 0 Å². The first-order valence-corrected chi connectivity index (χ1v) is 6.01. The van der Waals surface area contributed by atoms with Crippen LogP contribution in [0, 0.1) is 5.92 Å². The summed E-state index contributed by atoms with van der Waals surface area (Å²) >= 11 is 0. The summed E-state index contributed by atoms with van der Waals surface area (Å²) in [5, 5.41) is 8.91. The van der Waals surface area contributed by atoms with E-state index in [9.17, 15) is 9.59 Å². The number of carboxylic acid groups (broad SMARTS) is 1. The number of hydrogen-bond acceptors (Lipinski definition) is 4. The zero-order valence-corrected chi connectivity index (χ0v) is 11.3. The van der Waals surface area contributed by atoms with E-state index in [2.05, 4.69) is 0 Å². The average Bonchev–Trinajstić information content (AvgIpc) is 2.10. The number of amides is 1. The number of nitrogens with zero attached hydrogens (tertiary/aromatic N) is 1. The van der Waals surface area contributed by atoms with E-state index in [4.69, 9.17) is 14.6 Å². The molecule has 1 saturated heterocycles. The summed E-state index contributed by atoms with van der Waals surface area (Å²) in [6, 6.07) is -0.0818. The van der Waals surface area contributed by atoms with E-state index in [1.165, 1.54) is 4.90 Å². The smallest absolute Gasteiger partial charge is 0.410 e. The molecule has 0 aromatic heterocycles. The number of carbonyl (C=O) groups excluding carboxylic acids is 1. The third kappa shape index (κ3) is 4.18. The van der Waals surface area contributed by atoms with E-state index in [0.717, 1.165) is 0 Å². The number of rotatable bonds is 4. The summed E-state index contributed by atoms with van der Waals surface area (Å²) in [7, 11) is 0. The SMILES string of the molecule is CC(CN(C(=O)OC(C)(C)C)C1COC1)C(=O)O. The topological polar surface area (TPSA) is 76.1 Å². The highest BCUT2D eigenvalue weighted by Gasteiger charge is 2.34. The van der Waals surface area contributed by atoms with Crippen molar-refractivity contribution in [2.45, 2.75) is 39.3 Å². The molecule has 1 rings (SSSR count). The number of carbonyl (C=O) groups is 2. The lowest BCUT2D eigenvalue weighted by atomic mass is 10.1. The predicted molar refractivity (Wildman–Crippen MR) is 64.3 cm³/mol. The Bertz CT molecular complexity index is 319. The highest BCUT2D eigenvalue weighted by atomic mass is 16.6. The van der Waals surface area contributed by atoms with Crippen molar-refractivity contribution in [3.05, 3.63) is 0 Å². The van der Waals surface area contributed by atoms with Crippen LogP contribution in [-0.4, -0.2) is 53.5 Å². The first kappa shape index (κ1) is 14.8. The first-order chi connectivity index (χ1) is 8.20. The van der Waals surface area contributed by atoms with E-state index in [1.54, 1.807) is 27.7 Å². The van der Waals surface area contributed by atoms with Gasteiger partial charge in [0.1, 0.15) is 5.60 Å². The molecule has 1 N–H and O–H groups in total. The van der Waals surface area contributed by atoms with Crippen molar-refractivity contribution in [1.29, 1.82) is 0 Å². The molecule has 0 bridgehead atoms. The van der Waals surface area contributed by atoms with Gasteiger partial charge in [-0.1, -0.05) is 6.92 Å². The van der Waals surface area contributed by atoms with Crippen LogP contribution in [0.1, 0.15) is 27.7 Å². The molecule has 0 aliphatic carbocycles. The van der Waals surface area contributed by atoms with Crippen LogP contribution in [0.2, 0.25) is 0 Å². The molecule has 1 unspecified atom stereocenters. The number of hydrogen-bond donors (Lipinski definition) is 1. The number of carboxylic acids is 1. The molecular formula is C12H21NO5. The fourth-order valence-electron chi connectivity index (χ4n) is 1.47. The van der Waals surface area contributed by atoms with Crippen LogP contribution in [-0.2, 0) is 14.3 Å². The van der Waals surface area contributed by atoms with E-state index >= 15 is 0 Å². The molecule has 0 saturated carbocycles. The molecule has 1 fully saturated rings. The molecule has 6 heteroatoms. The zero-order valence-electron chi connectivity index (χ0n) is 11.3. The van der Waals surface area contributed by atoms with Gasteiger partial charge in [-0.3, -0.25) is 9.69 Å². The molecular weight excluding hydrogens is 238 g/mol. The molecule has 1 aliphatic rings. The van der Waals surface area contributed by atoms with Gasteiger partial charge in [-0.15, -0.1) is 0 Å². The maximum Gasteiger partial charge on any atom is 0.410 e. The van der Waals surface area contributed by atoms with Crippen LogP contribution in [0.25, 0.3) is 0 Å². The van der Waals surface area contributed by atoms with Gasteiger partial charge in [0.15, 0.2) is 0 Å². The van der Waals surface area contributed by atoms with Crippen molar-refractivity contribution in [3.8, 4) is 0 Å². The van der Waals surface area contributed by atoms with Crippen LogP contribution in [0.5, 0.6) is 0 Å². The number of ether oxygens (including phenoxy) is 2. The van der Waals surface area contributed by atoms with E-state index < -0.39 is 23.6 Å². The largest absolute Gasteiger partial charge is 0.481 e. The fraction of sp³-hybridized carbons (Fsp3) is 0.833. The third-order valence-electron chi connectivity index (χ3n) is 2.58. The molecule has 6 nitrogen and oxygen atoms in total. The predicted octanol–water partition coefficient (Wildman–Crippen LogP) is 1.34. The minimum absolute atomic E-state index is 0.0818. The summed E-state index contributed by atoms with van der Waals surface area (Å²) in [5.41, 5.74) is -0.591. The second-order valence-corrected chi connectivity index (χ2v) is 5.56. The molecule has 0 aromatic carbocycles. The maximum atomic E-state index is 12.0. The molecule has 0 aromatic rings. The Kier molecular flexibility index (Phi) is 4.56. The van der Waals surface area contributed by atoms with Gasteiger partial charge in [0.2, 0.25) is 0 Å². The summed E-state index contributed by atoms with van der Waals surface area (Å²) < 4.78 is 10.3. The van der Waals surface area contributed by atoms with Crippen molar-refractivity contribution >= 4 is 12.1 Å². The summed E-state index contributed by atoms with van der Waals surface area (Å²) in [6.45, 7) is 7.91. The van der Waals surface area contributed by atoms with Crippen molar-refractivity contribution in [2.24, 2.45) is 5.92 Å². The monoisotopic (exact) mass is 259 g/mol. The minimum Gasteiger partial charge on any atom is -0.481 e. The Balaban J connectivity index is 2.66. The van der Waals surface area contributed by atoms with Crippen molar-refractivity contribution in [2.75, 3.05) is 19.8 Å². The second kappa shape index (κ2) is 5.56. The molecule has 104 valence electrons. The normalized spacial score (nSPS) is 17.8. The second-order valence-electron chi connectivity index (χ2n) is 5.56. The van der Waals surface area contributed by atoms with Crippen LogP contribution < -0.4 is 0 Å². The van der Waals surface area contributed by atoms with Crippen LogP contribution in [0.3, 0.4) is 0 Å². The number of aliphatic carboxylic acids is 1. The Morgan fingerprint density at radius 1 is 1.44 bits per heavy atom. The van der Waals surface area contributed by atoms with Gasteiger partial charge in [-0.05, 0) is 20.8 Å². The Labute approximate surface area is 107 Å². The van der Waals surface area contributed by atoms with Crippen molar-refractivity contribution in [3.63, 3.8) is 0 Å². The molecule has 1 aliphatic heterocycles. The summed E-state index contributed by atoms with van der Waals surface area (Å²) in [5.74, 6) is -1.55. The highest BCUT2D eigenvalue weighted by molar-refractivity contribution is 5.72. The lowest BCUT2D eigenvalue weighted by Gasteiger charge is -2.38. The van der Waals surface area contributed by atoms with Gasteiger partial charge in [0.25, 0.3) is 0 Å². The molecule has 1 amide bonds. The van der Waals surface area contributed by atoms with Crippen LogP contribution in [0.15, 0.2) is 0 Å². The van der Waals surface area contributed by atoms with Gasteiger partial charge in [0, 0.05) is 6.54 Å². The fourth-order valence-corrected chi connectivity index (χ4v) is 1.47. The standard InChI is InChI=1S/C12H21NO5/c1-8(10(14)15)5-13(9-6-17-7-9)11(16)18-12(2,3)4/h8-9H,5-7H2,1-4H3,(H,14,15). The molecule has 0 spiro atoms. The zero-order chi connectivity index (χ0) is 13.9. The van der Waals surface area contributed by atoms with Crippen molar-refractivity contribution < 1.29 is 24.2 Å². The molecule has 0 radical (unpaired) electrons. The maximum absolute atomic E-state index is 12.0. The minimum atomic E-state index is -0.927. The lowest BCUT2D eigenvalue weighted by Crippen LogP contribution is -2.54. The molecule has 18 heavy (non-hydrogen) atoms. The van der Waals surface area contributed by atoms with Gasteiger partial charge in [-0.25, -0.2) is 4.79 Å². The quantitative estimate of drug-likeness (QED) is 0.824. The molecule has 1 heterocycles. The van der Waals surface area contributed by atoms with Gasteiger partial charge in [0.05, 0.1) is 25.2 Å². The van der Waals surface area contributed by atoms with Crippen LogP contribution >= 0.6 is 0 Å². The van der Waals surface area contributed by atoms with E-state index in [-0.39, 0.29) is 12.6 Å².